The van der Waals surface area contributed by atoms with Crippen molar-refractivity contribution >= 4 is 38.5 Å². The first-order valence-electron chi connectivity index (χ1n) is 9.83. The normalized spacial score (nSPS) is 11.4. The van der Waals surface area contributed by atoms with E-state index in [2.05, 4.69) is 22.4 Å². The van der Waals surface area contributed by atoms with Gasteiger partial charge in [0.05, 0.1) is 10.2 Å². The third-order valence-corrected chi connectivity index (χ3v) is 5.65. The van der Waals surface area contributed by atoms with Gasteiger partial charge in [0.1, 0.15) is 0 Å². The third kappa shape index (κ3) is 5.64. The highest BCUT2D eigenvalue weighted by atomic mass is 32.1. The molecular formula is C23H27N3O2S. The summed E-state index contributed by atoms with van der Waals surface area (Å²) in [5, 5.41) is 3.56. The van der Waals surface area contributed by atoms with Crippen molar-refractivity contribution < 1.29 is 9.59 Å². The van der Waals surface area contributed by atoms with E-state index in [4.69, 9.17) is 0 Å². The van der Waals surface area contributed by atoms with Gasteiger partial charge in [-0.3, -0.25) is 14.5 Å². The van der Waals surface area contributed by atoms with E-state index in [0.717, 1.165) is 16.6 Å². The highest BCUT2D eigenvalue weighted by Gasteiger charge is 2.23. The molecule has 3 rings (SSSR count). The van der Waals surface area contributed by atoms with Crippen LogP contribution in [0.2, 0.25) is 0 Å². The van der Waals surface area contributed by atoms with Crippen molar-refractivity contribution in [3.8, 4) is 0 Å². The molecule has 2 amide bonds. The molecule has 0 saturated heterocycles. The molecule has 0 fully saturated rings. The second kappa shape index (κ2) is 9.18. The molecule has 0 spiro atoms. The fourth-order valence-corrected chi connectivity index (χ4v) is 3.88. The number of benzene rings is 2. The topological polar surface area (TPSA) is 62.3 Å². The fraction of sp³-hybridized carbons (Fsp3) is 0.348. The van der Waals surface area contributed by atoms with E-state index >= 15 is 0 Å². The van der Waals surface area contributed by atoms with Crippen LogP contribution >= 0.6 is 11.3 Å². The monoisotopic (exact) mass is 409 g/mol. The molecule has 1 N–H and O–H groups in total. The molecule has 3 aromatic rings. The van der Waals surface area contributed by atoms with E-state index in [1.165, 1.54) is 16.9 Å². The van der Waals surface area contributed by atoms with Crippen molar-refractivity contribution in [3.63, 3.8) is 0 Å². The minimum absolute atomic E-state index is 0.0332. The van der Waals surface area contributed by atoms with Crippen LogP contribution in [0.3, 0.4) is 0 Å². The number of thiazole rings is 1. The predicted molar refractivity (Wildman–Crippen MR) is 119 cm³/mol. The van der Waals surface area contributed by atoms with Gasteiger partial charge in [0.25, 0.3) is 0 Å². The molecule has 2 aromatic carbocycles. The summed E-state index contributed by atoms with van der Waals surface area (Å²) in [6.45, 7) is 6.45. The average molecular weight is 410 g/mol. The highest BCUT2D eigenvalue weighted by molar-refractivity contribution is 7.22. The van der Waals surface area contributed by atoms with E-state index in [9.17, 15) is 9.59 Å². The summed E-state index contributed by atoms with van der Waals surface area (Å²) in [5.41, 5.74) is 1.60. The lowest BCUT2D eigenvalue weighted by Gasteiger charge is -2.21. The number of nitrogens with zero attached hydrogens (tertiary/aromatic N) is 2. The van der Waals surface area contributed by atoms with E-state index < -0.39 is 5.41 Å². The number of para-hydroxylation sites is 1. The number of rotatable bonds is 7. The van der Waals surface area contributed by atoms with Gasteiger partial charge in [0.15, 0.2) is 5.13 Å². The largest absolute Gasteiger partial charge is 0.355 e. The van der Waals surface area contributed by atoms with E-state index in [1.807, 2.05) is 63.2 Å². The summed E-state index contributed by atoms with van der Waals surface area (Å²) < 4.78 is 1.06. The van der Waals surface area contributed by atoms with Gasteiger partial charge in [-0.25, -0.2) is 4.98 Å². The molecule has 0 aliphatic heterocycles. The number of amides is 2. The van der Waals surface area contributed by atoms with Gasteiger partial charge in [-0.05, 0) is 24.1 Å². The first kappa shape index (κ1) is 21.0. The number of nitrogens with one attached hydrogen (secondary N) is 1. The van der Waals surface area contributed by atoms with Crippen molar-refractivity contribution in [2.75, 3.05) is 18.0 Å². The second-order valence-electron chi connectivity index (χ2n) is 8.00. The van der Waals surface area contributed by atoms with Crippen molar-refractivity contribution in [2.24, 2.45) is 5.41 Å². The fourth-order valence-electron chi connectivity index (χ4n) is 2.87. The Morgan fingerprint density at radius 2 is 1.72 bits per heavy atom. The summed E-state index contributed by atoms with van der Waals surface area (Å²) in [7, 11) is 0. The van der Waals surface area contributed by atoms with Crippen LogP contribution in [-0.2, 0) is 16.0 Å². The van der Waals surface area contributed by atoms with Crippen LogP contribution in [0, 0.1) is 5.41 Å². The number of hydrogen-bond acceptors (Lipinski definition) is 4. The Kier molecular flexibility index (Phi) is 6.64. The van der Waals surface area contributed by atoms with Gasteiger partial charge < -0.3 is 5.32 Å². The Balaban J connectivity index is 1.72. The summed E-state index contributed by atoms with van der Waals surface area (Å²) in [4.78, 5) is 31.5. The molecule has 0 unspecified atom stereocenters. The lowest BCUT2D eigenvalue weighted by Crippen LogP contribution is -2.39. The first-order valence-corrected chi connectivity index (χ1v) is 10.6. The van der Waals surface area contributed by atoms with Crippen LogP contribution in [0.4, 0.5) is 5.13 Å². The van der Waals surface area contributed by atoms with Gasteiger partial charge in [0.2, 0.25) is 11.8 Å². The zero-order chi connectivity index (χ0) is 20.9. The lowest BCUT2D eigenvalue weighted by molar-refractivity contribution is -0.128. The minimum Gasteiger partial charge on any atom is -0.355 e. The Labute approximate surface area is 175 Å². The van der Waals surface area contributed by atoms with Crippen LogP contribution in [0.15, 0.2) is 54.6 Å². The molecule has 0 aliphatic carbocycles. The molecule has 0 aliphatic rings. The summed E-state index contributed by atoms with van der Waals surface area (Å²) in [5.74, 6) is -0.0877. The minimum atomic E-state index is -0.469. The molecule has 1 heterocycles. The summed E-state index contributed by atoms with van der Waals surface area (Å²) in [6.07, 6.45) is 0.989. The zero-order valence-corrected chi connectivity index (χ0v) is 18.0. The number of aromatic nitrogens is 1. The second-order valence-corrected chi connectivity index (χ2v) is 9.01. The summed E-state index contributed by atoms with van der Waals surface area (Å²) >= 11 is 1.52. The quantitative estimate of drug-likeness (QED) is 0.628. The molecule has 5 nitrogen and oxygen atoms in total. The molecule has 6 heteroatoms. The van der Waals surface area contributed by atoms with Crippen molar-refractivity contribution in [3.05, 3.63) is 60.2 Å². The van der Waals surface area contributed by atoms with E-state index in [1.54, 1.807) is 4.90 Å². The van der Waals surface area contributed by atoms with Crippen LogP contribution in [0.25, 0.3) is 10.2 Å². The maximum atomic E-state index is 13.0. The molecule has 152 valence electrons. The number of carbonyl (C=O) groups excluding carboxylic acids is 2. The Morgan fingerprint density at radius 1 is 1.03 bits per heavy atom. The lowest BCUT2D eigenvalue weighted by atomic mass is 9.96. The van der Waals surface area contributed by atoms with Crippen molar-refractivity contribution in [1.29, 1.82) is 0 Å². The molecule has 0 bridgehead atoms. The predicted octanol–water partition coefficient (Wildman–Crippen LogP) is 4.42. The Morgan fingerprint density at radius 3 is 2.41 bits per heavy atom. The van der Waals surface area contributed by atoms with E-state index in [-0.39, 0.29) is 18.2 Å². The summed E-state index contributed by atoms with van der Waals surface area (Å²) in [6, 6.07) is 18.0. The molecule has 29 heavy (non-hydrogen) atoms. The van der Waals surface area contributed by atoms with Gasteiger partial charge in [0, 0.05) is 24.9 Å². The van der Waals surface area contributed by atoms with E-state index in [0.29, 0.717) is 18.2 Å². The Bertz CT molecular complexity index is 943. The molecule has 0 atom stereocenters. The van der Waals surface area contributed by atoms with Gasteiger partial charge in [-0.15, -0.1) is 0 Å². The van der Waals surface area contributed by atoms with Crippen LogP contribution < -0.4 is 10.2 Å². The maximum Gasteiger partial charge on any atom is 0.230 e. The first-order chi connectivity index (χ1) is 13.8. The third-order valence-electron chi connectivity index (χ3n) is 4.59. The molecule has 0 saturated carbocycles. The molecule has 0 radical (unpaired) electrons. The van der Waals surface area contributed by atoms with Crippen LogP contribution in [0.5, 0.6) is 0 Å². The molecular weight excluding hydrogens is 382 g/mol. The highest BCUT2D eigenvalue weighted by Crippen LogP contribution is 2.29. The smallest absolute Gasteiger partial charge is 0.230 e. The van der Waals surface area contributed by atoms with Crippen LogP contribution in [0.1, 0.15) is 32.8 Å². The van der Waals surface area contributed by atoms with Gasteiger partial charge >= 0.3 is 0 Å². The zero-order valence-electron chi connectivity index (χ0n) is 17.1. The molecule has 1 aromatic heterocycles. The van der Waals surface area contributed by atoms with Crippen molar-refractivity contribution in [1.82, 2.24) is 10.3 Å². The van der Waals surface area contributed by atoms with Crippen molar-refractivity contribution in [2.45, 2.75) is 33.6 Å². The maximum absolute atomic E-state index is 13.0. The van der Waals surface area contributed by atoms with Gasteiger partial charge in [-0.2, -0.15) is 0 Å². The van der Waals surface area contributed by atoms with Gasteiger partial charge in [-0.1, -0.05) is 74.6 Å². The number of fused-ring (bicyclic) bond motifs is 1. The SMILES string of the molecule is CC(C)(C)C(=O)NCCC(=O)N(CCc1ccccc1)c1nc2ccccc2s1. The standard InChI is InChI=1S/C23H27N3O2S/c1-23(2,3)21(28)24-15-13-20(27)26(16-14-17-9-5-4-6-10-17)22-25-18-11-7-8-12-19(18)29-22/h4-12H,13-16H2,1-3H3,(H,24,28). The van der Waals surface area contributed by atoms with Crippen LogP contribution in [-0.4, -0.2) is 29.9 Å². The number of carbonyl (C=O) groups is 2. The number of anilines is 1. The Hall–Kier alpha value is -2.73. The number of hydrogen-bond donors (Lipinski definition) is 1. The average Bonchev–Trinajstić information content (AvgIpc) is 3.12.